The summed E-state index contributed by atoms with van der Waals surface area (Å²) in [6, 6.07) is 0.779. The van der Waals surface area contributed by atoms with E-state index in [4.69, 9.17) is 4.74 Å². The number of carbonyl (C=O) groups is 2. The maximum absolute atomic E-state index is 12.8. The summed E-state index contributed by atoms with van der Waals surface area (Å²) >= 11 is 0. The number of nitrogens with zero attached hydrogens (tertiary/aromatic N) is 3. The smallest absolute Gasteiger partial charge is 0.254 e. The monoisotopic (exact) mass is 401 g/mol. The minimum atomic E-state index is -0.138. The standard InChI is InChI=1S/C21H31N5O3/c1-14-19(10-22-13-23-14)21(28)25-17-3-2-15(20(27)24-16-4-5-16)11-26(12-17)18-6-8-29-9-7-18/h10,13,15-18H,2-9,11-12H2,1H3,(H,24,27)(H,25,28)/t15-,17+/m1/s1. The molecule has 1 aromatic rings. The number of amides is 2. The van der Waals surface area contributed by atoms with Crippen LogP contribution in [0.25, 0.3) is 0 Å². The highest BCUT2D eigenvalue weighted by Crippen LogP contribution is 2.25. The Morgan fingerprint density at radius 2 is 1.79 bits per heavy atom. The summed E-state index contributed by atoms with van der Waals surface area (Å²) in [7, 11) is 0. The van der Waals surface area contributed by atoms with E-state index in [1.807, 2.05) is 6.92 Å². The van der Waals surface area contributed by atoms with Gasteiger partial charge in [0.05, 0.1) is 17.2 Å². The van der Waals surface area contributed by atoms with Crippen LogP contribution in [-0.2, 0) is 9.53 Å². The lowest BCUT2D eigenvalue weighted by molar-refractivity contribution is -0.126. The third kappa shape index (κ3) is 5.30. The van der Waals surface area contributed by atoms with Gasteiger partial charge in [0.1, 0.15) is 6.33 Å². The van der Waals surface area contributed by atoms with Crippen molar-refractivity contribution < 1.29 is 14.3 Å². The maximum atomic E-state index is 12.8. The lowest BCUT2D eigenvalue weighted by Gasteiger charge is -2.36. The van der Waals surface area contributed by atoms with Gasteiger partial charge in [0.15, 0.2) is 0 Å². The van der Waals surface area contributed by atoms with E-state index in [1.54, 1.807) is 6.20 Å². The molecule has 1 aliphatic carbocycles. The van der Waals surface area contributed by atoms with Gasteiger partial charge in [-0.2, -0.15) is 0 Å². The average molecular weight is 402 g/mol. The molecule has 2 saturated heterocycles. The lowest BCUT2D eigenvalue weighted by atomic mass is 10.00. The van der Waals surface area contributed by atoms with Crippen molar-refractivity contribution in [1.82, 2.24) is 25.5 Å². The second-order valence-corrected chi connectivity index (χ2v) is 8.55. The van der Waals surface area contributed by atoms with Gasteiger partial charge in [0, 0.05) is 50.6 Å². The fourth-order valence-electron chi connectivity index (χ4n) is 4.33. The maximum Gasteiger partial charge on any atom is 0.254 e. The molecule has 158 valence electrons. The van der Waals surface area contributed by atoms with Crippen molar-refractivity contribution >= 4 is 11.8 Å². The zero-order valence-electron chi connectivity index (χ0n) is 17.1. The zero-order chi connectivity index (χ0) is 20.2. The van der Waals surface area contributed by atoms with Crippen molar-refractivity contribution in [2.45, 2.75) is 63.6 Å². The number of hydrogen-bond donors (Lipinski definition) is 2. The molecule has 0 radical (unpaired) electrons. The molecule has 2 N–H and O–H groups in total. The summed E-state index contributed by atoms with van der Waals surface area (Å²) in [6.45, 7) is 4.85. The molecule has 2 atom stereocenters. The van der Waals surface area contributed by atoms with E-state index in [-0.39, 0.29) is 23.8 Å². The highest BCUT2D eigenvalue weighted by Gasteiger charge is 2.35. The van der Waals surface area contributed by atoms with Gasteiger partial charge in [-0.1, -0.05) is 0 Å². The van der Waals surface area contributed by atoms with E-state index < -0.39 is 0 Å². The molecule has 2 amide bonds. The Labute approximate surface area is 171 Å². The van der Waals surface area contributed by atoms with Crippen molar-refractivity contribution in [1.29, 1.82) is 0 Å². The van der Waals surface area contributed by atoms with Gasteiger partial charge in [-0.05, 0) is 45.4 Å². The van der Waals surface area contributed by atoms with Crippen LogP contribution >= 0.6 is 0 Å². The van der Waals surface area contributed by atoms with E-state index in [2.05, 4.69) is 25.5 Å². The van der Waals surface area contributed by atoms with Gasteiger partial charge in [-0.15, -0.1) is 0 Å². The van der Waals surface area contributed by atoms with Gasteiger partial charge >= 0.3 is 0 Å². The van der Waals surface area contributed by atoms with Gasteiger partial charge in [0.2, 0.25) is 5.91 Å². The molecule has 8 heteroatoms. The molecule has 0 spiro atoms. The molecule has 0 unspecified atom stereocenters. The summed E-state index contributed by atoms with van der Waals surface area (Å²) < 4.78 is 5.53. The molecule has 8 nitrogen and oxygen atoms in total. The quantitative estimate of drug-likeness (QED) is 0.766. The van der Waals surface area contributed by atoms with Crippen LogP contribution in [0.1, 0.15) is 54.6 Å². The molecule has 0 bridgehead atoms. The largest absolute Gasteiger partial charge is 0.381 e. The van der Waals surface area contributed by atoms with Crippen molar-refractivity contribution in [2.24, 2.45) is 5.92 Å². The fraction of sp³-hybridized carbons (Fsp3) is 0.714. The van der Waals surface area contributed by atoms with Crippen molar-refractivity contribution in [3.8, 4) is 0 Å². The lowest BCUT2D eigenvalue weighted by Crippen LogP contribution is -2.49. The van der Waals surface area contributed by atoms with Crippen LogP contribution in [0.4, 0.5) is 0 Å². The van der Waals surface area contributed by atoms with Crippen LogP contribution < -0.4 is 10.6 Å². The first-order valence-electron chi connectivity index (χ1n) is 10.8. The Bertz CT molecular complexity index is 733. The first kappa shape index (κ1) is 20.2. The third-order valence-corrected chi connectivity index (χ3v) is 6.27. The molecular weight excluding hydrogens is 370 g/mol. The van der Waals surface area contributed by atoms with E-state index >= 15 is 0 Å². The van der Waals surface area contributed by atoms with E-state index in [1.165, 1.54) is 6.33 Å². The summed E-state index contributed by atoms with van der Waals surface area (Å²) in [5.41, 5.74) is 1.19. The van der Waals surface area contributed by atoms with Gasteiger partial charge in [-0.3, -0.25) is 14.5 Å². The SMILES string of the molecule is Cc1ncncc1C(=O)N[C@H]1CC[C@@H](C(=O)NC2CC2)CN(C2CCOCC2)C1. The van der Waals surface area contributed by atoms with Crippen molar-refractivity contribution in [3.05, 3.63) is 23.8 Å². The van der Waals surface area contributed by atoms with E-state index in [9.17, 15) is 9.59 Å². The van der Waals surface area contributed by atoms with Crippen LogP contribution in [-0.4, -0.2) is 71.1 Å². The van der Waals surface area contributed by atoms with Gasteiger partial charge in [0.25, 0.3) is 5.91 Å². The minimum absolute atomic E-state index is 0.00340. The van der Waals surface area contributed by atoms with Crippen LogP contribution in [0.3, 0.4) is 0 Å². The average Bonchev–Trinajstić information content (AvgIpc) is 3.56. The molecule has 4 rings (SSSR count). The molecule has 0 aromatic carbocycles. The van der Waals surface area contributed by atoms with Crippen LogP contribution in [0.15, 0.2) is 12.5 Å². The molecule has 1 saturated carbocycles. The predicted molar refractivity (Wildman–Crippen MR) is 107 cm³/mol. The van der Waals surface area contributed by atoms with Crippen LogP contribution in [0.5, 0.6) is 0 Å². The summed E-state index contributed by atoms with van der Waals surface area (Å²) in [6.07, 6.45) is 8.74. The normalized spacial score (nSPS) is 26.5. The van der Waals surface area contributed by atoms with Gasteiger partial charge < -0.3 is 15.4 Å². The van der Waals surface area contributed by atoms with Crippen LogP contribution in [0.2, 0.25) is 0 Å². The Morgan fingerprint density at radius 1 is 1.03 bits per heavy atom. The first-order chi connectivity index (χ1) is 14.1. The number of nitrogens with one attached hydrogen (secondary N) is 2. The molecule has 3 fully saturated rings. The highest BCUT2D eigenvalue weighted by molar-refractivity contribution is 5.95. The number of ether oxygens (including phenoxy) is 1. The summed E-state index contributed by atoms with van der Waals surface area (Å²) in [5.74, 6) is 0.00638. The summed E-state index contributed by atoms with van der Waals surface area (Å²) in [4.78, 5) is 36.1. The first-order valence-corrected chi connectivity index (χ1v) is 10.8. The van der Waals surface area contributed by atoms with Crippen LogP contribution in [0, 0.1) is 12.8 Å². The molecular formula is C21H31N5O3. The van der Waals surface area contributed by atoms with Crippen molar-refractivity contribution in [2.75, 3.05) is 26.3 Å². The second kappa shape index (κ2) is 9.17. The fourth-order valence-corrected chi connectivity index (χ4v) is 4.33. The molecule has 2 aliphatic heterocycles. The Kier molecular flexibility index (Phi) is 6.40. The van der Waals surface area contributed by atoms with Crippen molar-refractivity contribution in [3.63, 3.8) is 0 Å². The highest BCUT2D eigenvalue weighted by atomic mass is 16.5. The number of carbonyl (C=O) groups excluding carboxylic acids is 2. The number of aryl methyl sites for hydroxylation is 1. The number of likely N-dealkylation sites (tertiary alicyclic amines) is 1. The zero-order valence-corrected chi connectivity index (χ0v) is 17.1. The molecule has 1 aromatic heterocycles. The topological polar surface area (TPSA) is 96.5 Å². The summed E-state index contributed by atoms with van der Waals surface area (Å²) in [5, 5.41) is 6.34. The Balaban J connectivity index is 1.45. The third-order valence-electron chi connectivity index (χ3n) is 6.27. The number of aromatic nitrogens is 2. The molecule has 29 heavy (non-hydrogen) atoms. The second-order valence-electron chi connectivity index (χ2n) is 8.55. The van der Waals surface area contributed by atoms with E-state index in [0.29, 0.717) is 23.3 Å². The Hall–Kier alpha value is -2.06. The molecule has 3 aliphatic rings. The van der Waals surface area contributed by atoms with E-state index in [0.717, 1.165) is 64.8 Å². The minimum Gasteiger partial charge on any atom is -0.381 e. The number of rotatable bonds is 5. The predicted octanol–water partition coefficient (Wildman–Crippen LogP) is 1.05. The van der Waals surface area contributed by atoms with Gasteiger partial charge in [-0.25, -0.2) is 9.97 Å². The molecule has 3 heterocycles. The Morgan fingerprint density at radius 3 is 2.52 bits per heavy atom. The number of hydrogen-bond acceptors (Lipinski definition) is 6.